The van der Waals surface area contributed by atoms with Gasteiger partial charge in [-0.25, -0.2) is 4.79 Å². The Morgan fingerprint density at radius 1 is 0.567 bits per heavy atom. The van der Waals surface area contributed by atoms with Crippen LogP contribution in [0.15, 0.2) is 11.6 Å². The van der Waals surface area contributed by atoms with Gasteiger partial charge in [0.05, 0.1) is 6.61 Å². The average molecular weight is 423 g/mol. The molecule has 0 aromatic heterocycles. The quantitative estimate of drug-likeness (QED) is 0.0930. The van der Waals surface area contributed by atoms with Crippen LogP contribution in [0.1, 0.15) is 156 Å². The minimum Gasteiger partial charge on any atom is -0.462 e. The van der Waals surface area contributed by atoms with Crippen LogP contribution in [0, 0.1) is 0 Å². The number of allylic oxidation sites excluding steroid dienone is 1. The smallest absolute Gasteiger partial charge is 0.333 e. The van der Waals surface area contributed by atoms with Crippen LogP contribution in [0.3, 0.4) is 0 Å². The Labute approximate surface area is 189 Å². The van der Waals surface area contributed by atoms with Gasteiger partial charge >= 0.3 is 5.97 Å². The second-order valence-electron chi connectivity index (χ2n) is 9.18. The van der Waals surface area contributed by atoms with Crippen molar-refractivity contribution in [3.05, 3.63) is 11.6 Å². The van der Waals surface area contributed by atoms with Gasteiger partial charge < -0.3 is 4.74 Å². The lowest BCUT2D eigenvalue weighted by molar-refractivity contribution is -0.139. The molecule has 0 amide bonds. The lowest BCUT2D eigenvalue weighted by Gasteiger charge is -2.05. The molecule has 0 rings (SSSR count). The van der Waals surface area contributed by atoms with Crippen molar-refractivity contribution in [1.29, 1.82) is 0 Å². The highest BCUT2D eigenvalue weighted by Gasteiger charge is 2.04. The van der Waals surface area contributed by atoms with E-state index in [1.54, 1.807) is 0 Å². The fourth-order valence-electron chi connectivity index (χ4n) is 3.90. The standard InChI is InChI=1S/C28H54O2/c1-4-6-8-10-11-12-13-14-15-16-17-18-19-20-21-22-23-25-27(3)28(29)30-26-24-9-7-5-2/h25H,4-24,26H2,1-3H3. The lowest BCUT2D eigenvalue weighted by Crippen LogP contribution is -2.07. The Kier molecular flexibility index (Phi) is 23.8. The minimum atomic E-state index is -0.122. The molecule has 0 aromatic carbocycles. The zero-order valence-corrected chi connectivity index (χ0v) is 21.0. The van der Waals surface area contributed by atoms with E-state index in [1.165, 1.54) is 116 Å². The SMILES string of the molecule is CCCCCCCCCCCCCCCCCCC=C(C)C(=O)OCCCCCC. The molecule has 178 valence electrons. The number of esters is 1. The van der Waals surface area contributed by atoms with Crippen molar-refractivity contribution in [2.75, 3.05) is 6.61 Å². The molecule has 0 aliphatic carbocycles. The van der Waals surface area contributed by atoms with E-state index in [1.807, 2.05) is 6.92 Å². The summed E-state index contributed by atoms with van der Waals surface area (Å²) < 4.78 is 5.33. The van der Waals surface area contributed by atoms with Crippen molar-refractivity contribution in [3.63, 3.8) is 0 Å². The third-order valence-corrected chi connectivity index (χ3v) is 6.06. The molecule has 0 fully saturated rings. The molecule has 0 aliphatic heterocycles. The Hall–Kier alpha value is -0.790. The molecule has 30 heavy (non-hydrogen) atoms. The fourth-order valence-corrected chi connectivity index (χ4v) is 3.90. The molecule has 2 nitrogen and oxygen atoms in total. The number of unbranched alkanes of at least 4 members (excludes halogenated alkanes) is 19. The second-order valence-corrected chi connectivity index (χ2v) is 9.18. The highest BCUT2D eigenvalue weighted by molar-refractivity contribution is 5.87. The summed E-state index contributed by atoms with van der Waals surface area (Å²) >= 11 is 0. The Bertz CT molecular complexity index is 386. The van der Waals surface area contributed by atoms with E-state index >= 15 is 0 Å². The van der Waals surface area contributed by atoms with Crippen molar-refractivity contribution in [2.24, 2.45) is 0 Å². The Morgan fingerprint density at radius 3 is 1.37 bits per heavy atom. The third-order valence-electron chi connectivity index (χ3n) is 6.06. The van der Waals surface area contributed by atoms with Crippen molar-refractivity contribution < 1.29 is 9.53 Å². The van der Waals surface area contributed by atoms with Gasteiger partial charge in [-0.1, -0.05) is 135 Å². The number of hydrogen-bond donors (Lipinski definition) is 0. The van der Waals surface area contributed by atoms with Crippen LogP contribution in [-0.4, -0.2) is 12.6 Å². The number of rotatable bonds is 23. The molecule has 0 saturated carbocycles. The summed E-state index contributed by atoms with van der Waals surface area (Å²) in [5.41, 5.74) is 0.784. The van der Waals surface area contributed by atoms with Crippen LogP contribution < -0.4 is 0 Å². The Morgan fingerprint density at radius 2 is 0.933 bits per heavy atom. The molecule has 0 atom stereocenters. The first-order valence-electron chi connectivity index (χ1n) is 13.6. The van der Waals surface area contributed by atoms with Gasteiger partial charge in [-0.3, -0.25) is 0 Å². The van der Waals surface area contributed by atoms with E-state index in [0.717, 1.165) is 24.8 Å². The maximum atomic E-state index is 11.9. The van der Waals surface area contributed by atoms with Gasteiger partial charge in [0.15, 0.2) is 0 Å². The summed E-state index contributed by atoms with van der Waals surface area (Å²) in [6, 6.07) is 0. The average Bonchev–Trinajstić information content (AvgIpc) is 2.75. The Balaban J connectivity index is 3.31. The van der Waals surface area contributed by atoms with Crippen molar-refractivity contribution in [2.45, 2.75) is 156 Å². The zero-order valence-electron chi connectivity index (χ0n) is 21.0. The van der Waals surface area contributed by atoms with Gasteiger partial charge in [0.2, 0.25) is 0 Å². The van der Waals surface area contributed by atoms with E-state index < -0.39 is 0 Å². The molecular formula is C28H54O2. The highest BCUT2D eigenvalue weighted by Crippen LogP contribution is 2.14. The fraction of sp³-hybridized carbons (Fsp3) is 0.893. The summed E-state index contributed by atoms with van der Waals surface area (Å²) in [5.74, 6) is -0.122. The van der Waals surface area contributed by atoms with Gasteiger partial charge in [-0.15, -0.1) is 0 Å². The molecule has 0 spiro atoms. The monoisotopic (exact) mass is 422 g/mol. The summed E-state index contributed by atoms with van der Waals surface area (Å²) in [5, 5.41) is 0. The molecular weight excluding hydrogens is 368 g/mol. The van der Waals surface area contributed by atoms with Crippen LogP contribution in [0.25, 0.3) is 0 Å². The maximum Gasteiger partial charge on any atom is 0.333 e. The first-order valence-corrected chi connectivity index (χ1v) is 13.6. The van der Waals surface area contributed by atoms with E-state index in [-0.39, 0.29) is 5.97 Å². The van der Waals surface area contributed by atoms with Gasteiger partial charge in [0, 0.05) is 5.57 Å². The minimum absolute atomic E-state index is 0.122. The van der Waals surface area contributed by atoms with Crippen LogP contribution in [0.2, 0.25) is 0 Å². The number of ether oxygens (including phenoxy) is 1. The molecule has 0 bridgehead atoms. The summed E-state index contributed by atoms with van der Waals surface area (Å²) in [6.07, 6.45) is 30.0. The topological polar surface area (TPSA) is 26.3 Å². The summed E-state index contributed by atoms with van der Waals surface area (Å²) in [7, 11) is 0. The number of carbonyl (C=O) groups excluding carboxylic acids is 1. The number of hydrogen-bond acceptors (Lipinski definition) is 2. The largest absolute Gasteiger partial charge is 0.462 e. The molecule has 2 heteroatoms. The molecule has 0 aliphatic rings. The predicted octanol–water partition coefficient (Wildman–Crippen LogP) is 9.71. The molecule has 0 radical (unpaired) electrons. The maximum absolute atomic E-state index is 11.9. The number of carbonyl (C=O) groups is 1. The van der Waals surface area contributed by atoms with Gasteiger partial charge in [-0.2, -0.15) is 0 Å². The van der Waals surface area contributed by atoms with Crippen LogP contribution >= 0.6 is 0 Å². The van der Waals surface area contributed by atoms with Crippen molar-refractivity contribution in [1.82, 2.24) is 0 Å². The first-order chi connectivity index (χ1) is 14.7. The van der Waals surface area contributed by atoms with Crippen LogP contribution in [-0.2, 0) is 9.53 Å². The van der Waals surface area contributed by atoms with Crippen molar-refractivity contribution in [3.8, 4) is 0 Å². The highest BCUT2D eigenvalue weighted by atomic mass is 16.5. The van der Waals surface area contributed by atoms with Gasteiger partial charge in [0.1, 0.15) is 0 Å². The first kappa shape index (κ1) is 29.2. The molecule has 0 unspecified atom stereocenters. The summed E-state index contributed by atoms with van der Waals surface area (Å²) in [4.78, 5) is 11.9. The molecule has 0 saturated heterocycles. The molecule has 0 N–H and O–H groups in total. The van der Waals surface area contributed by atoms with E-state index in [2.05, 4.69) is 19.9 Å². The van der Waals surface area contributed by atoms with Crippen molar-refractivity contribution >= 4 is 5.97 Å². The van der Waals surface area contributed by atoms with Gasteiger partial charge in [0.25, 0.3) is 0 Å². The normalized spacial score (nSPS) is 11.8. The van der Waals surface area contributed by atoms with Crippen LogP contribution in [0.5, 0.6) is 0 Å². The van der Waals surface area contributed by atoms with Gasteiger partial charge in [-0.05, 0) is 26.2 Å². The van der Waals surface area contributed by atoms with E-state index in [0.29, 0.717) is 6.61 Å². The second kappa shape index (κ2) is 24.5. The van der Waals surface area contributed by atoms with Crippen LogP contribution in [0.4, 0.5) is 0 Å². The van der Waals surface area contributed by atoms with E-state index in [4.69, 9.17) is 4.74 Å². The van der Waals surface area contributed by atoms with E-state index in [9.17, 15) is 4.79 Å². The zero-order chi connectivity index (χ0) is 22.1. The third kappa shape index (κ3) is 21.9. The summed E-state index contributed by atoms with van der Waals surface area (Å²) in [6.45, 7) is 6.94. The predicted molar refractivity (Wildman–Crippen MR) is 133 cm³/mol. The molecule has 0 aromatic rings. The molecule has 0 heterocycles. The lowest BCUT2D eigenvalue weighted by atomic mass is 10.0.